The molecule has 2 heterocycles. The Balaban J connectivity index is 1.98. The fourth-order valence-corrected chi connectivity index (χ4v) is 3.65. The molecule has 0 saturated heterocycles. The Hall–Kier alpha value is -3.78. The van der Waals surface area contributed by atoms with Gasteiger partial charge in [0.05, 0.1) is 26.5 Å². The second-order valence-electron chi connectivity index (χ2n) is 6.97. The quantitative estimate of drug-likeness (QED) is 0.0849. The third-order valence-corrected chi connectivity index (χ3v) is 5.45. The second-order valence-corrected chi connectivity index (χ2v) is 7.88. The topological polar surface area (TPSA) is 134 Å². The first-order valence-corrected chi connectivity index (χ1v) is 10.9. The summed E-state index contributed by atoms with van der Waals surface area (Å²) in [6, 6.07) is 8.64. The number of alkyl halides is 3. The Bertz CT molecular complexity index is 1270. The van der Waals surface area contributed by atoms with E-state index in [-0.39, 0.29) is 28.8 Å². The molecule has 0 amide bonds. The van der Waals surface area contributed by atoms with Crippen molar-refractivity contribution in [3.63, 3.8) is 0 Å². The van der Waals surface area contributed by atoms with Crippen molar-refractivity contribution in [3.05, 3.63) is 64.2 Å². The highest BCUT2D eigenvalue weighted by Gasteiger charge is 2.34. The molecular formula is C21H22F3N7O3S. The average molecular weight is 510 g/mol. The Morgan fingerprint density at radius 2 is 1.89 bits per heavy atom. The maximum absolute atomic E-state index is 13.5. The van der Waals surface area contributed by atoms with Crippen LogP contribution in [0.4, 0.5) is 13.2 Å². The number of nitrogens with zero attached hydrogens (tertiary/aromatic N) is 5. The number of nitrogens with two attached hydrogens (primary N) is 2. The maximum atomic E-state index is 13.5. The summed E-state index contributed by atoms with van der Waals surface area (Å²) in [5.41, 5.74) is 4.68. The molecule has 2 aromatic heterocycles. The highest BCUT2D eigenvalue weighted by molar-refractivity contribution is 7.99. The van der Waals surface area contributed by atoms with E-state index in [4.69, 9.17) is 21.1 Å². The highest BCUT2D eigenvalue weighted by Crippen LogP contribution is 2.32. The Labute approximate surface area is 202 Å². The first-order chi connectivity index (χ1) is 16.6. The van der Waals surface area contributed by atoms with Crippen molar-refractivity contribution in [2.45, 2.75) is 17.9 Å². The number of benzene rings is 1. The number of thioether (sulfide) groups is 1. The molecule has 0 radical (unpaired) electrons. The Kier molecular flexibility index (Phi) is 8.19. The SMILES string of the molecule is COc1ccc(Cn2cc(-c3cc(C(F)(F)F)nc(SCN(N)/N=C\N)n3)ccc2=O)cc1OC. The standard InChI is InChI=1S/C21H22F3N7O3S/c1-33-16-5-3-13(7-17(16)34-2)9-30-10-14(4-6-19(30)32)15-8-18(21(22,23)24)29-20(28-15)35-12-31(26)27-11-25/h3-8,10-11H,9,12,26H2,1-2H3,(H2,25,27). The van der Waals surface area contributed by atoms with Crippen molar-refractivity contribution >= 4 is 18.1 Å². The van der Waals surface area contributed by atoms with E-state index < -0.39 is 11.9 Å². The molecule has 0 aliphatic heterocycles. The van der Waals surface area contributed by atoms with Crippen LogP contribution in [0.5, 0.6) is 11.5 Å². The minimum absolute atomic E-state index is 0.0122. The predicted molar refractivity (Wildman–Crippen MR) is 125 cm³/mol. The normalized spacial score (nSPS) is 11.6. The number of aromatic nitrogens is 3. The van der Waals surface area contributed by atoms with Gasteiger partial charge in [0.1, 0.15) is 17.9 Å². The Morgan fingerprint density at radius 1 is 1.14 bits per heavy atom. The fourth-order valence-electron chi connectivity index (χ4n) is 3.01. The molecule has 0 saturated carbocycles. The molecule has 3 rings (SSSR count). The van der Waals surface area contributed by atoms with Crippen LogP contribution in [0.15, 0.2) is 57.6 Å². The molecule has 14 heteroatoms. The number of hydrazone groups is 1. The fraction of sp³-hybridized carbons (Fsp3) is 0.238. The second kappa shape index (κ2) is 11.1. The van der Waals surface area contributed by atoms with Gasteiger partial charge in [0, 0.05) is 17.8 Å². The minimum Gasteiger partial charge on any atom is -0.493 e. The van der Waals surface area contributed by atoms with Crippen LogP contribution in [0, 0.1) is 0 Å². The van der Waals surface area contributed by atoms with E-state index >= 15 is 0 Å². The van der Waals surface area contributed by atoms with Gasteiger partial charge in [0.15, 0.2) is 16.7 Å². The Morgan fingerprint density at radius 3 is 2.54 bits per heavy atom. The van der Waals surface area contributed by atoms with Crippen LogP contribution < -0.4 is 26.6 Å². The molecule has 0 fully saturated rings. The van der Waals surface area contributed by atoms with Crippen molar-refractivity contribution < 1.29 is 22.6 Å². The number of hydrogen-bond acceptors (Lipinski definition) is 9. The van der Waals surface area contributed by atoms with Crippen molar-refractivity contribution in [1.29, 1.82) is 0 Å². The van der Waals surface area contributed by atoms with Gasteiger partial charge in [-0.15, -0.1) is 0 Å². The number of hydrazine groups is 1. The predicted octanol–water partition coefficient (Wildman–Crippen LogP) is 2.52. The lowest BCUT2D eigenvalue weighted by Crippen LogP contribution is -2.25. The van der Waals surface area contributed by atoms with Gasteiger partial charge in [-0.25, -0.2) is 20.9 Å². The first kappa shape index (κ1) is 25.8. The van der Waals surface area contributed by atoms with Gasteiger partial charge in [-0.2, -0.15) is 18.3 Å². The summed E-state index contributed by atoms with van der Waals surface area (Å²) >= 11 is 0.840. The zero-order valence-corrected chi connectivity index (χ0v) is 19.5. The van der Waals surface area contributed by atoms with Gasteiger partial charge >= 0.3 is 6.18 Å². The molecule has 0 unspecified atom stereocenters. The zero-order chi connectivity index (χ0) is 25.6. The van der Waals surface area contributed by atoms with E-state index in [1.807, 2.05) is 0 Å². The van der Waals surface area contributed by atoms with Crippen LogP contribution in [0.3, 0.4) is 0 Å². The molecule has 0 aliphatic carbocycles. The number of hydrogen-bond donors (Lipinski definition) is 2. The number of pyridine rings is 1. The monoisotopic (exact) mass is 509 g/mol. The van der Waals surface area contributed by atoms with E-state index in [1.165, 1.54) is 37.1 Å². The number of halogens is 3. The molecular weight excluding hydrogens is 487 g/mol. The van der Waals surface area contributed by atoms with Crippen molar-refractivity contribution in [3.8, 4) is 22.8 Å². The van der Waals surface area contributed by atoms with E-state index in [0.29, 0.717) is 17.1 Å². The smallest absolute Gasteiger partial charge is 0.433 e. The van der Waals surface area contributed by atoms with Crippen LogP contribution in [0.25, 0.3) is 11.3 Å². The van der Waals surface area contributed by atoms with E-state index in [0.717, 1.165) is 34.8 Å². The maximum Gasteiger partial charge on any atom is 0.433 e. The van der Waals surface area contributed by atoms with Gasteiger partial charge in [-0.3, -0.25) is 4.79 Å². The lowest BCUT2D eigenvalue weighted by atomic mass is 10.1. The molecule has 0 bridgehead atoms. The van der Waals surface area contributed by atoms with Gasteiger partial charge in [-0.1, -0.05) is 17.8 Å². The van der Waals surface area contributed by atoms with Crippen molar-refractivity contribution in [2.24, 2.45) is 16.7 Å². The number of methoxy groups -OCH3 is 2. The summed E-state index contributed by atoms with van der Waals surface area (Å²) in [7, 11) is 3.00. The molecule has 1 aromatic carbocycles. The zero-order valence-electron chi connectivity index (χ0n) is 18.7. The van der Waals surface area contributed by atoms with Gasteiger partial charge < -0.3 is 19.8 Å². The van der Waals surface area contributed by atoms with Gasteiger partial charge in [0.2, 0.25) is 0 Å². The molecule has 4 N–H and O–H groups in total. The van der Waals surface area contributed by atoms with Crippen LogP contribution in [-0.2, 0) is 12.7 Å². The van der Waals surface area contributed by atoms with Crippen molar-refractivity contribution in [2.75, 3.05) is 20.1 Å². The lowest BCUT2D eigenvalue weighted by molar-refractivity contribution is -0.141. The molecule has 35 heavy (non-hydrogen) atoms. The molecule has 0 aliphatic rings. The summed E-state index contributed by atoms with van der Waals surface area (Å²) in [5.74, 6) is 6.51. The summed E-state index contributed by atoms with van der Waals surface area (Å²) < 4.78 is 52.3. The van der Waals surface area contributed by atoms with Crippen LogP contribution in [0.1, 0.15) is 11.3 Å². The molecule has 0 spiro atoms. The molecule has 3 aromatic rings. The van der Waals surface area contributed by atoms with Gasteiger partial charge in [0.25, 0.3) is 5.56 Å². The highest BCUT2D eigenvalue weighted by atomic mass is 32.2. The number of ether oxygens (including phenoxy) is 2. The largest absolute Gasteiger partial charge is 0.493 e. The summed E-state index contributed by atoms with van der Waals surface area (Å²) in [6.45, 7) is 0.144. The van der Waals surface area contributed by atoms with Gasteiger partial charge in [-0.05, 0) is 29.8 Å². The van der Waals surface area contributed by atoms with Crippen LogP contribution in [0.2, 0.25) is 0 Å². The minimum atomic E-state index is -4.71. The van der Waals surface area contributed by atoms with E-state index in [9.17, 15) is 18.0 Å². The summed E-state index contributed by atoms with van der Waals surface area (Å²) in [5, 5.41) is 4.34. The molecule has 0 atom stereocenters. The summed E-state index contributed by atoms with van der Waals surface area (Å²) in [6.07, 6.45) is -2.33. The molecule has 186 valence electrons. The first-order valence-electron chi connectivity index (χ1n) is 9.92. The number of rotatable bonds is 9. The summed E-state index contributed by atoms with van der Waals surface area (Å²) in [4.78, 5) is 20.2. The molecule has 10 nitrogen and oxygen atoms in total. The van der Waals surface area contributed by atoms with Crippen molar-refractivity contribution in [1.82, 2.24) is 19.7 Å². The average Bonchev–Trinajstić information content (AvgIpc) is 2.83. The lowest BCUT2D eigenvalue weighted by Gasteiger charge is -2.14. The van der Waals surface area contributed by atoms with E-state index in [1.54, 1.807) is 18.2 Å². The third-order valence-electron chi connectivity index (χ3n) is 4.62. The van der Waals surface area contributed by atoms with Crippen LogP contribution in [-0.4, -0.2) is 46.1 Å². The third kappa shape index (κ3) is 6.64. The van der Waals surface area contributed by atoms with E-state index in [2.05, 4.69) is 15.1 Å². The van der Waals surface area contributed by atoms with Crippen LogP contribution >= 0.6 is 11.8 Å².